The van der Waals surface area contributed by atoms with Crippen LogP contribution in [0.1, 0.15) is 25.7 Å². The summed E-state index contributed by atoms with van der Waals surface area (Å²) in [6.45, 7) is 0.367. The van der Waals surface area contributed by atoms with Crippen molar-refractivity contribution in [2.24, 2.45) is 5.92 Å². The second kappa shape index (κ2) is 4.70. The topological polar surface area (TPSA) is 44.3 Å². The van der Waals surface area contributed by atoms with Crippen molar-refractivity contribution >= 4 is 0 Å². The van der Waals surface area contributed by atoms with Crippen molar-refractivity contribution in [3.05, 3.63) is 0 Å². The van der Waals surface area contributed by atoms with Crippen LogP contribution in [-0.4, -0.2) is 24.8 Å². The summed E-state index contributed by atoms with van der Waals surface area (Å²) in [6.07, 6.45) is 4.70. The molecule has 1 fully saturated rings. The number of aliphatic hydroxyl groups excluding tert-OH is 1. The van der Waals surface area contributed by atoms with Gasteiger partial charge in [-0.05, 0) is 38.6 Å². The lowest BCUT2D eigenvalue weighted by Gasteiger charge is -2.27. The monoisotopic (exact) mass is 158 g/mol. The average Bonchev–Trinajstić information content (AvgIpc) is 2.07. The van der Waals surface area contributed by atoms with Gasteiger partial charge in [0.2, 0.25) is 0 Å². The van der Waals surface area contributed by atoms with Gasteiger partial charge in [-0.25, -0.2) is 0 Å². The van der Waals surface area contributed by atoms with Crippen LogP contribution in [0.5, 0.6) is 0 Å². The number of hydrazine groups is 1. The van der Waals surface area contributed by atoms with E-state index in [1.165, 1.54) is 12.8 Å². The third-order valence-electron chi connectivity index (χ3n) is 2.45. The molecule has 1 aliphatic rings. The molecular formula is C8H18N2O. The minimum atomic E-state index is 0.367. The predicted octanol–water partition coefficient (Wildman–Crippen LogP) is 0.261. The van der Waals surface area contributed by atoms with Crippen molar-refractivity contribution in [1.29, 1.82) is 0 Å². The average molecular weight is 158 g/mol. The molecule has 0 heterocycles. The van der Waals surface area contributed by atoms with Crippen molar-refractivity contribution in [2.45, 2.75) is 31.7 Å². The third-order valence-corrected chi connectivity index (χ3v) is 2.45. The van der Waals surface area contributed by atoms with Crippen molar-refractivity contribution in [2.75, 3.05) is 13.7 Å². The molecule has 0 saturated heterocycles. The first-order valence-corrected chi connectivity index (χ1v) is 4.40. The van der Waals surface area contributed by atoms with E-state index in [4.69, 9.17) is 5.11 Å². The lowest BCUT2D eigenvalue weighted by atomic mass is 9.87. The summed E-state index contributed by atoms with van der Waals surface area (Å²) in [5.74, 6) is 0.560. The summed E-state index contributed by atoms with van der Waals surface area (Å²) in [4.78, 5) is 0. The quantitative estimate of drug-likeness (QED) is 0.516. The summed E-state index contributed by atoms with van der Waals surface area (Å²) in [7, 11) is 1.90. The number of hydrogen-bond acceptors (Lipinski definition) is 3. The minimum Gasteiger partial charge on any atom is -0.396 e. The first kappa shape index (κ1) is 8.97. The van der Waals surface area contributed by atoms with Gasteiger partial charge in [0.1, 0.15) is 0 Å². The summed E-state index contributed by atoms with van der Waals surface area (Å²) >= 11 is 0. The molecule has 0 aromatic rings. The normalized spacial score (nSPS) is 32.2. The van der Waals surface area contributed by atoms with Gasteiger partial charge in [-0.3, -0.25) is 10.9 Å². The Morgan fingerprint density at radius 1 is 1.27 bits per heavy atom. The maximum absolute atomic E-state index is 8.87. The molecule has 0 amide bonds. The fraction of sp³-hybridized carbons (Fsp3) is 1.00. The Morgan fingerprint density at radius 3 is 2.36 bits per heavy atom. The van der Waals surface area contributed by atoms with E-state index in [-0.39, 0.29) is 0 Å². The van der Waals surface area contributed by atoms with E-state index in [1.54, 1.807) is 0 Å². The third kappa shape index (κ3) is 2.77. The Balaban J connectivity index is 2.14. The fourth-order valence-corrected chi connectivity index (χ4v) is 1.69. The highest BCUT2D eigenvalue weighted by Crippen LogP contribution is 2.22. The maximum atomic E-state index is 8.87. The molecule has 66 valence electrons. The van der Waals surface area contributed by atoms with Crippen LogP contribution in [0, 0.1) is 5.92 Å². The molecule has 3 N–H and O–H groups in total. The first-order chi connectivity index (χ1) is 5.36. The van der Waals surface area contributed by atoms with Crippen LogP contribution >= 0.6 is 0 Å². The van der Waals surface area contributed by atoms with E-state index in [2.05, 4.69) is 10.9 Å². The Kier molecular flexibility index (Phi) is 3.83. The largest absolute Gasteiger partial charge is 0.396 e. The minimum absolute atomic E-state index is 0.367. The summed E-state index contributed by atoms with van der Waals surface area (Å²) in [5, 5.41) is 8.87. The van der Waals surface area contributed by atoms with E-state index >= 15 is 0 Å². The Bertz CT molecular complexity index is 100. The standard InChI is InChI=1S/C8H18N2O/c1-9-10-8-4-2-7(6-11)3-5-8/h7-11H,2-6H2,1H3/t7-,8-. The van der Waals surface area contributed by atoms with Crippen LogP contribution in [0.2, 0.25) is 0 Å². The molecule has 1 saturated carbocycles. The predicted molar refractivity (Wildman–Crippen MR) is 45.0 cm³/mol. The number of nitrogens with one attached hydrogen (secondary N) is 2. The van der Waals surface area contributed by atoms with Crippen molar-refractivity contribution < 1.29 is 5.11 Å². The second-order valence-corrected chi connectivity index (χ2v) is 3.29. The number of rotatable bonds is 3. The number of hydrogen-bond donors (Lipinski definition) is 3. The van der Waals surface area contributed by atoms with Gasteiger partial charge < -0.3 is 5.11 Å². The molecule has 3 nitrogen and oxygen atoms in total. The fourth-order valence-electron chi connectivity index (χ4n) is 1.69. The molecule has 1 aliphatic carbocycles. The van der Waals surface area contributed by atoms with Gasteiger partial charge >= 0.3 is 0 Å². The van der Waals surface area contributed by atoms with Crippen LogP contribution < -0.4 is 10.9 Å². The molecule has 0 aliphatic heterocycles. The Morgan fingerprint density at radius 2 is 1.91 bits per heavy atom. The van der Waals surface area contributed by atoms with Crippen LogP contribution in [0.15, 0.2) is 0 Å². The highest BCUT2D eigenvalue weighted by molar-refractivity contribution is 4.74. The van der Waals surface area contributed by atoms with Crippen LogP contribution in [-0.2, 0) is 0 Å². The van der Waals surface area contributed by atoms with Gasteiger partial charge in [0.05, 0.1) is 0 Å². The molecule has 0 unspecified atom stereocenters. The molecule has 0 atom stereocenters. The van der Waals surface area contributed by atoms with Crippen molar-refractivity contribution in [3.8, 4) is 0 Å². The van der Waals surface area contributed by atoms with Gasteiger partial charge in [-0.15, -0.1) is 0 Å². The summed E-state index contributed by atoms with van der Waals surface area (Å²) in [5.41, 5.74) is 6.16. The Labute approximate surface area is 68.2 Å². The first-order valence-electron chi connectivity index (χ1n) is 4.40. The highest BCUT2D eigenvalue weighted by Gasteiger charge is 2.19. The van der Waals surface area contributed by atoms with Gasteiger partial charge in [0.25, 0.3) is 0 Å². The molecule has 3 heteroatoms. The summed E-state index contributed by atoms with van der Waals surface area (Å²) in [6, 6.07) is 0.614. The van der Waals surface area contributed by atoms with E-state index < -0.39 is 0 Å². The summed E-state index contributed by atoms with van der Waals surface area (Å²) < 4.78 is 0. The van der Waals surface area contributed by atoms with E-state index in [0.717, 1.165) is 12.8 Å². The molecule has 0 aromatic heterocycles. The molecule has 0 radical (unpaired) electrons. The molecule has 11 heavy (non-hydrogen) atoms. The van der Waals surface area contributed by atoms with Gasteiger partial charge in [0.15, 0.2) is 0 Å². The SMILES string of the molecule is CNN[C@H]1CC[C@H](CO)CC1. The van der Waals surface area contributed by atoms with Gasteiger partial charge in [-0.1, -0.05) is 0 Å². The van der Waals surface area contributed by atoms with Crippen LogP contribution in [0.4, 0.5) is 0 Å². The van der Waals surface area contributed by atoms with Gasteiger partial charge in [-0.2, -0.15) is 0 Å². The second-order valence-electron chi connectivity index (χ2n) is 3.29. The number of aliphatic hydroxyl groups is 1. The lowest BCUT2D eigenvalue weighted by molar-refractivity contribution is 0.172. The highest BCUT2D eigenvalue weighted by atomic mass is 16.3. The zero-order valence-corrected chi connectivity index (χ0v) is 7.14. The van der Waals surface area contributed by atoms with E-state index in [1.807, 2.05) is 7.05 Å². The van der Waals surface area contributed by atoms with Crippen molar-refractivity contribution in [3.63, 3.8) is 0 Å². The molecule has 0 aromatic carbocycles. The van der Waals surface area contributed by atoms with Crippen LogP contribution in [0.25, 0.3) is 0 Å². The molecule has 0 spiro atoms. The molecule has 1 rings (SSSR count). The zero-order chi connectivity index (χ0) is 8.10. The van der Waals surface area contributed by atoms with E-state index in [0.29, 0.717) is 18.6 Å². The van der Waals surface area contributed by atoms with Gasteiger partial charge in [0, 0.05) is 12.6 Å². The zero-order valence-electron chi connectivity index (χ0n) is 7.14. The smallest absolute Gasteiger partial charge is 0.0459 e. The Hall–Kier alpha value is -0.120. The molecule has 0 bridgehead atoms. The van der Waals surface area contributed by atoms with E-state index in [9.17, 15) is 0 Å². The van der Waals surface area contributed by atoms with Crippen LogP contribution in [0.3, 0.4) is 0 Å². The maximum Gasteiger partial charge on any atom is 0.0459 e. The lowest BCUT2D eigenvalue weighted by Crippen LogP contribution is -2.40. The molecular weight excluding hydrogens is 140 g/mol. The van der Waals surface area contributed by atoms with Crippen molar-refractivity contribution in [1.82, 2.24) is 10.9 Å².